The van der Waals surface area contributed by atoms with Crippen LogP contribution in [-0.4, -0.2) is 50.9 Å². The molecule has 0 unspecified atom stereocenters. The summed E-state index contributed by atoms with van der Waals surface area (Å²) in [6, 6.07) is 33.6. The molecule has 9 rings (SSSR count). The predicted octanol–water partition coefficient (Wildman–Crippen LogP) is 4.72. The number of phenolic OH excluding ortho intramolecular Hbond substituents is 1. The zero-order valence-corrected chi connectivity index (χ0v) is 29.3. The van der Waals surface area contributed by atoms with Crippen LogP contribution in [-0.2, 0) is 24.6 Å². The largest absolute Gasteiger partial charge is 0.507 e. The average molecular weight is 718 g/mol. The zero-order valence-electron chi connectivity index (χ0n) is 29.3. The molecule has 268 valence electrons. The van der Waals surface area contributed by atoms with Crippen molar-refractivity contribution >= 4 is 58.4 Å². The Morgan fingerprint density at radius 2 is 1.48 bits per heavy atom. The summed E-state index contributed by atoms with van der Waals surface area (Å²) >= 11 is 0. The van der Waals surface area contributed by atoms with Gasteiger partial charge in [0.25, 0.3) is 11.8 Å². The molecule has 0 bridgehead atoms. The third-order valence-electron chi connectivity index (χ3n) is 12.1. The molecule has 2 saturated heterocycles. The molecule has 11 heteroatoms. The Bertz CT molecular complexity index is 2420. The van der Waals surface area contributed by atoms with Gasteiger partial charge in [-0.05, 0) is 78.0 Å². The van der Waals surface area contributed by atoms with Gasteiger partial charge in [0.2, 0.25) is 11.8 Å². The first-order valence-corrected chi connectivity index (χ1v) is 18.1. The maximum Gasteiger partial charge on any atom is 0.488 e. The molecular weight excluding hydrogens is 681 g/mol. The molecule has 2 aliphatic heterocycles. The average Bonchev–Trinajstić information content (AvgIpc) is 3.57. The molecule has 1 saturated carbocycles. The molecule has 0 aromatic heterocycles. The molecule has 2 heterocycles. The number of amides is 4. The van der Waals surface area contributed by atoms with Gasteiger partial charge in [0.15, 0.2) is 0 Å². The number of allylic oxidation sites excluding steroid dienone is 2. The number of fused-ring (bicyclic) bond motifs is 5. The Balaban J connectivity index is 1.26. The van der Waals surface area contributed by atoms with Gasteiger partial charge in [-0.25, -0.2) is 0 Å². The molecule has 4 aliphatic rings. The Labute approximate surface area is 311 Å². The Morgan fingerprint density at radius 3 is 2.22 bits per heavy atom. The minimum absolute atomic E-state index is 0.0728. The maximum atomic E-state index is 15.5. The monoisotopic (exact) mass is 717 g/mol. The smallest absolute Gasteiger partial charge is 0.488 e. The van der Waals surface area contributed by atoms with E-state index >= 15 is 4.79 Å². The number of hydrogen-bond donors (Lipinski definition) is 4. The third-order valence-corrected chi connectivity index (χ3v) is 12.1. The summed E-state index contributed by atoms with van der Waals surface area (Å²) in [6.07, 6.45) is 2.36. The van der Waals surface area contributed by atoms with Crippen molar-refractivity contribution in [1.29, 1.82) is 0 Å². The van der Waals surface area contributed by atoms with Crippen molar-refractivity contribution in [2.24, 2.45) is 23.7 Å². The highest BCUT2D eigenvalue weighted by Gasteiger charge is 2.70. The maximum absolute atomic E-state index is 15.5. The lowest BCUT2D eigenvalue weighted by Crippen LogP contribution is -2.53. The number of carbonyl (C=O) groups is 4. The van der Waals surface area contributed by atoms with Gasteiger partial charge in [-0.1, -0.05) is 102 Å². The van der Waals surface area contributed by atoms with Crippen LogP contribution in [0.5, 0.6) is 5.75 Å². The Kier molecular flexibility index (Phi) is 7.84. The number of hydrogen-bond acceptors (Lipinski definition) is 8. The molecular formula is C43H36BN3O7. The molecule has 4 N–H and O–H groups in total. The fraction of sp³-hybridized carbons (Fsp3) is 0.209. The molecule has 0 spiro atoms. The molecule has 10 nitrogen and oxygen atoms in total. The lowest BCUT2D eigenvalue weighted by molar-refractivity contribution is -0.138. The fourth-order valence-electron chi connectivity index (χ4n) is 9.73. The van der Waals surface area contributed by atoms with Gasteiger partial charge in [-0.3, -0.25) is 29.5 Å². The number of imide groups is 2. The minimum atomic E-state index is -1.79. The molecule has 5 aromatic carbocycles. The minimum Gasteiger partial charge on any atom is -0.507 e. The third kappa shape index (κ3) is 4.81. The van der Waals surface area contributed by atoms with E-state index < -0.39 is 65.8 Å². The van der Waals surface area contributed by atoms with Crippen molar-refractivity contribution in [3.63, 3.8) is 0 Å². The number of phenols is 1. The van der Waals surface area contributed by atoms with Crippen LogP contribution in [0.2, 0.25) is 0 Å². The van der Waals surface area contributed by atoms with Crippen LogP contribution in [0.3, 0.4) is 0 Å². The van der Waals surface area contributed by atoms with Gasteiger partial charge < -0.3 is 15.2 Å². The second kappa shape index (κ2) is 12.5. The number of nitrogens with one attached hydrogen (secondary N) is 1. The van der Waals surface area contributed by atoms with Gasteiger partial charge in [-0.15, -0.1) is 0 Å². The molecule has 6 atom stereocenters. The molecule has 4 amide bonds. The van der Waals surface area contributed by atoms with E-state index in [9.17, 15) is 29.5 Å². The Morgan fingerprint density at radius 1 is 0.759 bits per heavy atom. The van der Waals surface area contributed by atoms with E-state index in [0.717, 1.165) is 26.6 Å². The predicted molar refractivity (Wildman–Crippen MR) is 203 cm³/mol. The summed E-state index contributed by atoms with van der Waals surface area (Å²) in [5.74, 6) is -5.46. The molecule has 0 radical (unpaired) electrons. The van der Waals surface area contributed by atoms with E-state index in [1.807, 2.05) is 97.9 Å². The van der Waals surface area contributed by atoms with Crippen molar-refractivity contribution < 1.29 is 34.3 Å². The van der Waals surface area contributed by atoms with Crippen molar-refractivity contribution in [2.45, 2.75) is 31.1 Å². The van der Waals surface area contributed by atoms with E-state index in [4.69, 9.17) is 0 Å². The number of benzene rings is 5. The molecule has 54 heavy (non-hydrogen) atoms. The highest BCUT2D eigenvalue weighted by atomic mass is 16.4. The summed E-state index contributed by atoms with van der Waals surface area (Å²) in [6.45, 7) is 1.95. The van der Waals surface area contributed by atoms with E-state index in [2.05, 4.69) is 5.43 Å². The summed E-state index contributed by atoms with van der Waals surface area (Å²) in [5.41, 5.74) is 5.81. The summed E-state index contributed by atoms with van der Waals surface area (Å²) in [5, 5.41) is 33.2. The quantitative estimate of drug-likeness (QED) is 0.112. The lowest BCUT2D eigenvalue weighted by atomic mass is 9.49. The summed E-state index contributed by atoms with van der Waals surface area (Å²) in [4.78, 5) is 60.4. The van der Waals surface area contributed by atoms with Crippen LogP contribution in [0.25, 0.3) is 10.8 Å². The van der Waals surface area contributed by atoms with Crippen LogP contribution in [0.15, 0.2) is 127 Å². The zero-order chi connectivity index (χ0) is 37.5. The highest BCUT2D eigenvalue weighted by Crippen LogP contribution is 2.65. The van der Waals surface area contributed by atoms with Crippen LogP contribution in [0.1, 0.15) is 35.4 Å². The number of anilines is 2. The van der Waals surface area contributed by atoms with Crippen LogP contribution in [0.4, 0.5) is 11.4 Å². The first-order valence-electron chi connectivity index (χ1n) is 18.1. The second-order valence-corrected chi connectivity index (χ2v) is 14.8. The van der Waals surface area contributed by atoms with Gasteiger partial charge in [0, 0.05) is 11.3 Å². The first-order chi connectivity index (χ1) is 26.1. The van der Waals surface area contributed by atoms with E-state index in [-0.39, 0.29) is 29.7 Å². The normalized spacial score (nSPS) is 26.1. The number of rotatable bonds is 6. The first kappa shape index (κ1) is 33.8. The fourth-order valence-corrected chi connectivity index (χ4v) is 9.73. The van der Waals surface area contributed by atoms with E-state index in [0.29, 0.717) is 22.0 Å². The molecule has 2 aliphatic carbocycles. The topological polar surface area (TPSA) is 147 Å². The number of carbonyl (C=O) groups excluding carboxylic acids is 4. The second-order valence-electron chi connectivity index (χ2n) is 14.8. The van der Waals surface area contributed by atoms with Gasteiger partial charge in [-0.2, -0.15) is 5.01 Å². The SMILES string of the molecule is Cc1ccc(NN2C(=O)[C@@H]3C[C@@H]4C(=CC[C@@H]5C(=O)N(c6cccc(B(O)O)c6)C(=O)[C@@H]54)[C@H](c4ccc(O)c5ccccc45)[C@]3(c3ccccc3)C2=O)cc1. The number of nitrogens with zero attached hydrogens (tertiary/aromatic N) is 2. The van der Waals surface area contributed by atoms with Crippen LogP contribution < -0.4 is 15.8 Å². The molecule has 3 fully saturated rings. The Hall–Kier alpha value is -6.04. The number of hydrazine groups is 1. The number of aryl methyl sites for hydroxylation is 1. The van der Waals surface area contributed by atoms with E-state index in [1.54, 1.807) is 18.2 Å². The van der Waals surface area contributed by atoms with Crippen molar-refractivity contribution in [1.82, 2.24) is 5.01 Å². The van der Waals surface area contributed by atoms with Crippen molar-refractivity contribution in [3.05, 3.63) is 144 Å². The lowest BCUT2D eigenvalue weighted by Gasteiger charge is -2.51. The van der Waals surface area contributed by atoms with Crippen LogP contribution >= 0.6 is 0 Å². The standard InChI is InChI=1S/C43H36BN3O7/c1-24-14-16-27(17-15-24)45-47-40(50)35-23-34-32(18-19-33-37(34)41(51)46(39(33)49)28-11-7-10-26(22-28)44(53)54)38(43(35,42(47)52)25-8-3-2-4-9-25)31-20-21-36(48)30-13-6-5-12-29(30)31/h2-18,20-22,33-35,37-38,45,48,53-54H,19,23H2,1H3/t33-,34+,35-,37-,38-,43+/m0/s1. The number of aromatic hydroxyl groups is 1. The summed E-state index contributed by atoms with van der Waals surface area (Å²) < 4.78 is 0. The van der Waals surface area contributed by atoms with Gasteiger partial charge in [0.1, 0.15) is 5.75 Å². The van der Waals surface area contributed by atoms with Crippen molar-refractivity contribution in [2.75, 3.05) is 10.3 Å². The summed E-state index contributed by atoms with van der Waals surface area (Å²) in [7, 11) is -1.79. The van der Waals surface area contributed by atoms with Gasteiger partial charge in [0.05, 0.1) is 34.5 Å². The van der Waals surface area contributed by atoms with Crippen molar-refractivity contribution in [3.8, 4) is 5.75 Å². The van der Waals surface area contributed by atoms with Crippen LogP contribution in [0, 0.1) is 30.6 Å². The molecule has 5 aromatic rings. The van der Waals surface area contributed by atoms with E-state index in [1.165, 1.54) is 12.1 Å². The van der Waals surface area contributed by atoms with Gasteiger partial charge >= 0.3 is 7.12 Å². The highest BCUT2D eigenvalue weighted by molar-refractivity contribution is 6.58.